The summed E-state index contributed by atoms with van der Waals surface area (Å²) in [6.07, 6.45) is 16.0. The maximum absolute atomic E-state index is 7.37. The molecule has 0 saturated heterocycles. The Labute approximate surface area is 350 Å². The Bertz CT molecular complexity index is 2480. The van der Waals surface area contributed by atoms with Crippen molar-refractivity contribution in [1.29, 1.82) is 0 Å². The topological polar surface area (TPSA) is 103 Å². The minimum Gasteiger partial charge on any atom is -0.500 e. The molecule has 4 aromatic carbocycles. The van der Waals surface area contributed by atoms with E-state index in [-0.39, 0.29) is 0 Å². The lowest BCUT2D eigenvalue weighted by atomic mass is 9.96. The molecule has 4 heterocycles. The molecule has 2 unspecified atom stereocenters. The fourth-order valence-corrected chi connectivity index (χ4v) is 8.56. The predicted molar refractivity (Wildman–Crippen MR) is 235 cm³/mol. The molecule has 4 aliphatic rings. The first-order valence-electron chi connectivity index (χ1n) is 20.7. The Balaban J connectivity index is 0.000000154. The molecule has 6 aromatic rings. The zero-order chi connectivity index (χ0) is 40.7. The van der Waals surface area contributed by atoms with Gasteiger partial charge in [0, 0.05) is 34.6 Å². The Kier molecular flexibility index (Phi) is 11.3. The normalized spacial score (nSPS) is 17.4. The summed E-state index contributed by atoms with van der Waals surface area (Å²) in [6.45, 7) is 15.6. The molecule has 10 nitrogen and oxygen atoms in total. The van der Waals surface area contributed by atoms with Crippen LogP contribution in [0.15, 0.2) is 121 Å². The van der Waals surface area contributed by atoms with Gasteiger partial charge in [-0.05, 0) is 97.9 Å². The molecule has 296 valence electrons. The number of aromatic nitrogens is 4. The second kappa shape index (κ2) is 17.7. The molecular formula is C50H44N8O2. The van der Waals surface area contributed by atoms with Crippen LogP contribution in [0.2, 0.25) is 0 Å². The third-order valence-corrected chi connectivity index (χ3v) is 11.5. The quantitative estimate of drug-likeness (QED) is 0.132. The minimum atomic E-state index is 0.304. The van der Waals surface area contributed by atoms with Gasteiger partial charge in [0.2, 0.25) is 23.3 Å². The van der Waals surface area contributed by atoms with Gasteiger partial charge >= 0.3 is 0 Å². The molecular weight excluding hydrogens is 745 g/mol. The lowest BCUT2D eigenvalue weighted by Gasteiger charge is -2.15. The first kappa shape index (κ1) is 38.2. The van der Waals surface area contributed by atoms with E-state index in [0.717, 1.165) is 85.5 Å². The van der Waals surface area contributed by atoms with Crippen molar-refractivity contribution < 1.29 is 9.47 Å². The summed E-state index contributed by atoms with van der Waals surface area (Å²) in [6, 6.07) is 32.2. The Morgan fingerprint density at radius 3 is 1.40 bits per heavy atom. The number of aryl methyl sites for hydroxylation is 2. The van der Waals surface area contributed by atoms with Gasteiger partial charge in [-0.2, -0.15) is 0 Å². The Morgan fingerprint density at radius 2 is 0.967 bits per heavy atom. The van der Waals surface area contributed by atoms with Gasteiger partial charge in [0.1, 0.15) is 24.7 Å². The van der Waals surface area contributed by atoms with Crippen LogP contribution in [0, 0.1) is 13.1 Å². The minimum absolute atomic E-state index is 0.304. The fourth-order valence-electron chi connectivity index (χ4n) is 8.56. The highest BCUT2D eigenvalue weighted by Gasteiger charge is 2.30. The van der Waals surface area contributed by atoms with Crippen molar-refractivity contribution in [2.45, 2.75) is 63.2 Å². The van der Waals surface area contributed by atoms with Crippen LogP contribution in [0.25, 0.3) is 9.69 Å². The molecule has 60 heavy (non-hydrogen) atoms. The summed E-state index contributed by atoms with van der Waals surface area (Å²) in [5, 5.41) is 6.70. The lowest BCUT2D eigenvalue weighted by molar-refractivity contribution is 0.365. The molecule has 0 amide bonds. The summed E-state index contributed by atoms with van der Waals surface area (Å²) in [5.74, 6) is 2.97. The fraction of sp³-hybridized carbons (Fsp3) is 0.240. The maximum Gasteiger partial charge on any atom is 0.228 e. The van der Waals surface area contributed by atoms with Gasteiger partial charge in [-0.25, -0.2) is 29.6 Å². The maximum atomic E-state index is 7.37. The summed E-state index contributed by atoms with van der Waals surface area (Å²) >= 11 is 0. The molecule has 10 rings (SSSR count). The summed E-state index contributed by atoms with van der Waals surface area (Å²) in [7, 11) is 0. The van der Waals surface area contributed by atoms with Crippen LogP contribution in [0.4, 0.5) is 34.6 Å². The van der Waals surface area contributed by atoms with E-state index in [0.29, 0.717) is 59.8 Å². The second-order valence-corrected chi connectivity index (χ2v) is 15.2. The van der Waals surface area contributed by atoms with Crippen LogP contribution >= 0.6 is 0 Å². The van der Waals surface area contributed by atoms with Gasteiger partial charge in [-0.1, -0.05) is 97.1 Å². The Hall–Kier alpha value is -7.30. The molecule has 2 atom stereocenters. The molecule has 2 aromatic heterocycles. The number of hydrogen-bond donors (Lipinski definition) is 2. The SMILES string of the molecule is [C-]#[N+]c1ccc2cc1OCC=CCCc1nc(nc3c1CCC3c1ccccc1)N2.[C-]#[N+]c1ccc2cc1OCC=CCCc1nc(nc3c1CCC3c1ccccc1)N2. The monoisotopic (exact) mass is 788 g/mol. The smallest absolute Gasteiger partial charge is 0.228 e. The van der Waals surface area contributed by atoms with Crippen molar-refractivity contribution in [3.05, 3.63) is 189 Å². The van der Waals surface area contributed by atoms with Gasteiger partial charge in [0.15, 0.2) is 0 Å². The van der Waals surface area contributed by atoms with Gasteiger partial charge in [-0.3, -0.25) is 0 Å². The first-order valence-corrected chi connectivity index (χ1v) is 20.7. The molecule has 0 radical (unpaired) electrons. The van der Waals surface area contributed by atoms with Crippen molar-refractivity contribution in [1.82, 2.24) is 19.9 Å². The average Bonchev–Trinajstić information content (AvgIpc) is 3.92. The molecule has 10 heteroatoms. The number of ether oxygens (including phenoxy) is 2. The molecule has 2 aliphatic heterocycles. The summed E-state index contributed by atoms with van der Waals surface area (Å²) in [4.78, 5) is 26.8. The third-order valence-electron chi connectivity index (χ3n) is 11.5. The lowest BCUT2D eigenvalue weighted by Crippen LogP contribution is -2.08. The zero-order valence-electron chi connectivity index (χ0n) is 33.3. The number of nitrogens with one attached hydrogen (secondary N) is 2. The number of allylic oxidation sites excluding steroid dienone is 2. The highest BCUT2D eigenvalue weighted by atomic mass is 16.5. The number of rotatable bonds is 2. The summed E-state index contributed by atoms with van der Waals surface area (Å²) < 4.78 is 11.6. The number of nitrogens with zero attached hydrogens (tertiary/aromatic N) is 6. The molecule has 2 N–H and O–H groups in total. The van der Waals surface area contributed by atoms with Crippen LogP contribution < -0.4 is 20.1 Å². The Morgan fingerprint density at radius 1 is 0.517 bits per heavy atom. The van der Waals surface area contributed by atoms with Crippen molar-refractivity contribution >= 4 is 34.6 Å². The highest BCUT2D eigenvalue weighted by molar-refractivity contribution is 5.68. The molecule has 0 spiro atoms. The van der Waals surface area contributed by atoms with E-state index in [9.17, 15) is 0 Å². The van der Waals surface area contributed by atoms with E-state index >= 15 is 0 Å². The van der Waals surface area contributed by atoms with Crippen LogP contribution in [0.1, 0.15) is 82.5 Å². The highest BCUT2D eigenvalue weighted by Crippen LogP contribution is 2.41. The summed E-state index contributed by atoms with van der Waals surface area (Å²) in [5.41, 5.74) is 12.4. The van der Waals surface area contributed by atoms with Crippen LogP contribution in [0.3, 0.4) is 0 Å². The van der Waals surface area contributed by atoms with Gasteiger partial charge in [-0.15, -0.1) is 0 Å². The van der Waals surface area contributed by atoms with E-state index in [2.05, 4.69) is 93.1 Å². The van der Waals surface area contributed by atoms with E-state index in [1.807, 2.05) is 36.4 Å². The largest absolute Gasteiger partial charge is 0.500 e. The third kappa shape index (κ3) is 8.32. The van der Waals surface area contributed by atoms with Crippen molar-refractivity contribution in [3.8, 4) is 11.5 Å². The number of fused-ring (bicyclic) bond motifs is 12. The van der Waals surface area contributed by atoms with Gasteiger partial charge in [0.05, 0.1) is 24.5 Å². The number of benzene rings is 4. The van der Waals surface area contributed by atoms with E-state index in [1.54, 1.807) is 12.1 Å². The zero-order valence-corrected chi connectivity index (χ0v) is 33.3. The molecule has 0 fully saturated rings. The molecule has 0 saturated carbocycles. The molecule has 2 aliphatic carbocycles. The van der Waals surface area contributed by atoms with Crippen LogP contribution in [-0.4, -0.2) is 33.1 Å². The number of hydrogen-bond acceptors (Lipinski definition) is 8. The number of anilines is 4. The van der Waals surface area contributed by atoms with Crippen molar-refractivity contribution in [2.24, 2.45) is 0 Å². The predicted octanol–water partition coefficient (Wildman–Crippen LogP) is 11.5. The van der Waals surface area contributed by atoms with Gasteiger partial charge in [0.25, 0.3) is 0 Å². The van der Waals surface area contributed by atoms with Crippen molar-refractivity contribution in [3.63, 3.8) is 0 Å². The second-order valence-electron chi connectivity index (χ2n) is 15.2. The molecule has 8 bridgehead atoms. The average molecular weight is 789 g/mol. The van der Waals surface area contributed by atoms with Crippen molar-refractivity contribution in [2.75, 3.05) is 23.8 Å². The van der Waals surface area contributed by atoms with Crippen LogP contribution in [-0.2, 0) is 25.7 Å². The van der Waals surface area contributed by atoms with Gasteiger partial charge < -0.3 is 20.1 Å². The standard InChI is InChI=1S/2C25H22N4O/c2*1-26-22-14-11-18-16-23(22)30-15-7-3-6-10-21-20-13-12-19(17-8-4-2-5-9-17)24(20)29-25(27-18)28-21/h2*2-5,7-9,11,14,16,19H,6,10,12-13,15H2,(H,27,28,29). The van der Waals surface area contributed by atoms with E-state index in [4.69, 9.17) is 42.6 Å². The van der Waals surface area contributed by atoms with Crippen LogP contribution in [0.5, 0.6) is 11.5 Å². The van der Waals surface area contributed by atoms with E-state index < -0.39 is 0 Å². The first-order chi connectivity index (χ1) is 29.6. The van der Waals surface area contributed by atoms with E-state index in [1.165, 1.54) is 22.3 Å².